The maximum absolute atomic E-state index is 11.7. The van der Waals surface area contributed by atoms with E-state index in [0.717, 1.165) is 0 Å². The standard InChI is InChI=1S/C12H10BrN3O5/c13-7-2-1-6(5-14)8(3-7)15-12(21)16-9(11(19)20)4-10(17)18/h1-3,9H,4H2,(H,17,18)(H,19,20)(H2,15,16,21). The van der Waals surface area contributed by atoms with Crippen molar-refractivity contribution in [2.45, 2.75) is 12.5 Å². The van der Waals surface area contributed by atoms with E-state index < -0.39 is 30.4 Å². The van der Waals surface area contributed by atoms with Crippen LogP contribution in [0.1, 0.15) is 12.0 Å². The quantitative estimate of drug-likeness (QED) is 0.628. The first-order chi connectivity index (χ1) is 9.83. The number of hydrogen-bond acceptors (Lipinski definition) is 4. The van der Waals surface area contributed by atoms with Gasteiger partial charge in [-0.15, -0.1) is 0 Å². The molecule has 0 fully saturated rings. The first-order valence-corrected chi connectivity index (χ1v) is 6.34. The van der Waals surface area contributed by atoms with Crippen molar-refractivity contribution in [1.82, 2.24) is 5.32 Å². The van der Waals surface area contributed by atoms with Gasteiger partial charge in [-0.05, 0) is 18.2 Å². The number of carboxylic acids is 2. The zero-order valence-corrected chi connectivity index (χ0v) is 12.0. The molecule has 0 radical (unpaired) electrons. The molecule has 1 rings (SSSR count). The summed E-state index contributed by atoms with van der Waals surface area (Å²) in [6, 6.07) is 3.91. The Hall–Kier alpha value is -2.60. The highest BCUT2D eigenvalue weighted by molar-refractivity contribution is 9.10. The minimum Gasteiger partial charge on any atom is -0.481 e. The molecule has 8 nitrogen and oxygen atoms in total. The Morgan fingerprint density at radius 3 is 2.52 bits per heavy atom. The van der Waals surface area contributed by atoms with E-state index in [9.17, 15) is 14.4 Å². The minimum atomic E-state index is -1.57. The molecule has 1 aromatic carbocycles. The molecule has 0 bridgehead atoms. The van der Waals surface area contributed by atoms with Crippen molar-refractivity contribution in [3.8, 4) is 6.07 Å². The smallest absolute Gasteiger partial charge is 0.326 e. The van der Waals surface area contributed by atoms with Gasteiger partial charge in [-0.3, -0.25) is 4.79 Å². The Morgan fingerprint density at radius 2 is 2.00 bits per heavy atom. The highest BCUT2D eigenvalue weighted by Gasteiger charge is 2.23. The molecule has 2 amide bonds. The molecule has 0 aliphatic heterocycles. The van der Waals surface area contributed by atoms with E-state index in [2.05, 4.69) is 21.2 Å². The van der Waals surface area contributed by atoms with Gasteiger partial charge in [-0.1, -0.05) is 15.9 Å². The van der Waals surface area contributed by atoms with Gasteiger partial charge in [0.2, 0.25) is 0 Å². The first kappa shape index (κ1) is 16.5. The summed E-state index contributed by atoms with van der Waals surface area (Å²) in [5, 5.41) is 30.6. The molecule has 0 heterocycles. The van der Waals surface area contributed by atoms with Gasteiger partial charge >= 0.3 is 18.0 Å². The number of halogens is 1. The van der Waals surface area contributed by atoms with Crippen LogP contribution in [0.3, 0.4) is 0 Å². The van der Waals surface area contributed by atoms with Gasteiger partial charge in [-0.2, -0.15) is 5.26 Å². The third kappa shape index (κ3) is 5.12. The van der Waals surface area contributed by atoms with Gasteiger partial charge in [0.05, 0.1) is 17.7 Å². The fourth-order valence-electron chi connectivity index (χ4n) is 1.41. The SMILES string of the molecule is N#Cc1ccc(Br)cc1NC(=O)NC(CC(=O)O)C(=O)O. The summed E-state index contributed by atoms with van der Waals surface area (Å²) < 4.78 is 0.608. The highest BCUT2D eigenvalue weighted by Crippen LogP contribution is 2.20. The number of hydrogen-bond donors (Lipinski definition) is 4. The van der Waals surface area contributed by atoms with E-state index in [1.807, 2.05) is 11.4 Å². The third-order valence-corrected chi connectivity index (χ3v) is 2.83. The molecular weight excluding hydrogens is 346 g/mol. The number of carbonyl (C=O) groups excluding carboxylic acids is 1. The van der Waals surface area contributed by atoms with Crippen LogP contribution in [-0.4, -0.2) is 34.2 Å². The fourth-order valence-corrected chi connectivity index (χ4v) is 1.77. The lowest BCUT2D eigenvalue weighted by Crippen LogP contribution is -2.44. The second-order valence-electron chi connectivity index (χ2n) is 3.89. The number of rotatable bonds is 5. The number of anilines is 1. The Labute approximate surface area is 127 Å². The average molecular weight is 356 g/mol. The van der Waals surface area contributed by atoms with Crippen molar-refractivity contribution < 1.29 is 24.6 Å². The average Bonchev–Trinajstić information content (AvgIpc) is 2.37. The summed E-state index contributed by atoms with van der Waals surface area (Å²) in [7, 11) is 0. The monoisotopic (exact) mass is 355 g/mol. The predicted molar refractivity (Wildman–Crippen MR) is 74.7 cm³/mol. The summed E-state index contributed by atoms with van der Waals surface area (Å²) in [6.45, 7) is 0. The molecule has 110 valence electrons. The Kier molecular flexibility index (Phi) is 5.68. The fraction of sp³-hybridized carbons (Fsp3) is 0.167. The first-order valence-electron chi connectivity index (χ1n) is 5.55. The normalized spacial score (nSPS) is 11.0. The lowest BCUT2D eigenvalue weighted by molar-refractivity contribution is -0.145. The van der Waals surface area contributed by atoms with E-state index >= 15 is 0 Å². The van der Waals surface area contributed by atoms with E-state index in [1.165, 1.54) is 12.1 Å². The van der Waals surface area contributed by atoms with Crippen molar-refractivity contribution >= 4 is 39.6 Å². The van der Waals surface area contributed by atoms with Crippen molar-refractivity contribution in [2.75, 3.05) is 5.32 Å². The zero-order chi connectivity index (χ0) is 16.0. The number of benzene rings is 1. The number of nitriles is 1. The summed E-state index contributed by atoms with van der Waals surface area (Å²) in [6.07, 6.45) is -0.758. The highest BCUT2D eigenvalue weighted by atomic mass is 79.9. The zero-order valence-electron chi connectivity index (χ0n) is 10.5. The van der Waals surface area contributed by atoms with Crippen molar-refractivity contribution in [1.29, 1.82) is 5.26 Å². The van der Waals surface area contributed by atoms with Crippen molar-refractivity contribution in [3.05, 3.63) is 28.2 Å². The van der Waals surface area contributed by atoms with Crippen LogP contribution in [0.2, 0.25) is 0 Å². The molecule has 0 saturated heterocycles. The largest absolute Gasteiger partial charge is 0.481 e. The second kappa shape index (κ2) is 7.25. The molecule has 1 atom stereocenters. The van der Waals surface area contributed by atoms with Gasteiger partial charge in [0.1, 0.15) is 12.1 Å². The van der Waals surface area contributed by atoms with Crippen LogP contribution in [-0.2, 0) is 9.59 Å². The Bertz CT molecular complexity index is 626. The molecule has 0 aliphatic carbocycles. The summed E-state index contributed by atoms with van der Waals surface area (Å²) in [5.41, 5.74) is 0.349. The van der Waals surface area contributed by atoms with Crippen LogP contribution < -0.4 is 10.6 Å². The molecular formula is C12H10BrN3O5. The van der Waals surface area contributed by atoms with Gasteiger partial charge in [0, 0.05) is 4.47 Å². The third-order valence-electron chi connectivity index (χ3n) is 2.33. The predicted octanol–water partition coefficient (Wildman–Crippen LogP) is 1.37. The molecule has 1 aromatic rings. The van der Waals surface area contributed by atoms with E-state index in [1.54, 1.807) is 6.07 Å². The minimum absolute atomic E-state index is 0.170. The number of aliphatic carboxylic acids is 2. The van der Waals surface area contributed by atoms with Crippen molar-refractivity contribution in [3.63, 3.8) is 0 Å². The van der Waals surface area contributed by atoms with E-state index in [4.69, 9.17) is 15.5 Å². The molecule has 0 aromatic heterocycles. The Morgan fingerprint density at radius 1 is 1.33 bits per heavy atom. The van der Waals surface area contributed by atoms with Crippen LogP contribution in [0, 0.1) is 11.3 Å². The second-order valence-corrected chi connectivity index (χ2v) is 4.80. The van der Waals surface area contributed by atoms with Crippen LogP contribution in [0.5, 0.6) is 0 Å². The molecule has 1 unspecified atom stereocenters. The number of nitrogens with one attached hydrogen (secondary N) is 2. The van der Waals surface area contributed by atoms with Gasteiger partial charge < -0.3 is 20.8 Å². The molecule has 0 spiro atoms. The van der Waals surface area contributed by atoms with Crippen LogP contribution in [0.4, 0.5) is 10.5 Å². The van der Waals surface area contributed by atoms with E-state index in [0.29, 0.717) is 4.47 Å². The number of nitrogens with zero attached hydrogens (tertiary/aromatic N) is 1. The van der Waals surface area contributed by atoms with Crippen LogP contribution >= 0.6 is 15.9 Å². The lowest BCUT2D eigenvalue weighted by Gasteiger charge is -2.14. The Balaban J connectivity index is 2.81. The number of carboxylic acid groups (broad SMARTS) is 2. The maximum Gasteiger partial charge on any atom is 0.326 e. The van der Waals surface area contributed by atoms with Gasteiger partial charge in [-0.25, -0.2) is 9.59 Å². The van der Waals surface area contributed by atoms with Gasteiger partial charge in [0.25, 0.3) is 0 Å². The molecule has 9 heteroatoms. The van der Waals surface area contributed by atoms with E-state index in [-0.39, 0.29) is 11.3 Å². The van der Waals surface area contributed by atoms with Crippen LogP contribution in [0.15, 0.2) is 22.7 Å². The van der Waals surface area contributed by atoms with Gasteiger partial charge in [0.15, 0.2) is 0 Å². The molecule has 0 aliphatic rings. The molecule has 21 heavy (non-hydrogen) atoms. The molecule has 4 N–H and O–H groups in total. The lowest BCUT2D eigenvalue weighted by atomic mass is 10.2. The number of amides is 2. The summed E-state index contributed by atoms with van der Waals surface area (Å²) in [5.74, 6) is -2.83. The maximum atomic E-state index is 11.7. The summed E-state index contributed by atoms with van der Waals surface area (Å²) in [4.78, 5) is 33.0. The van der Waals surface area contributed by atoms with Crippen molar-refractivity contribution in [2.24, 2.45) is 0 Å². The number of urea groups is 1. The number of carbonyl (C=O) groups is 3. The van der Waals surface area contributed by atoms with Crippen LogP contribution in [0.25, 0.3) is 0 Å². The molecule has 0 saturated carbocycles. The summed E-state index contributed by atoms with van der Waals surface area (Å²) >= 11 is 3.17. The topological polar surface area (TPSA) is 140 Å².